The largest absolute Gasteiger partial charge is 0.328 e. The van der Waals surface area contributed by atoms with E-state index in [0.29, 0.717) is 12.8 Å². The fraction of sp³-hybridized carbons (Fsp3) is 0.400. The molecule has 0 aliphatic rings. The fourth-order valence-electron chi connectivity index (χ4n) is 1.14. The van der Waals surface area contributed by atoms with Crippen molar-refractivity contribution in [3.63, 3.8) is 0 Å². The van der Waals surface area contributed by atoms with E-state index in [-0.39, 0.29) is 11.8 Å². The Morgan fingerprint density at radius 2 is 2.36 bits per heavy atom. The highest BCUT2D eigenvalue weighted by atomic mass is 79.9. The summed E-state index contributed by atoms with van der Waals surface area (Å²) in [4.78, 5) is 15.5. The first kappa shape index (κ1) is 11.3. The van der Waals surface area contributed by atoms with Gasteiger partial charge in [0.15, 0.2) is 0 Å². The standard InChI is InChI=1S/C10H13BrN2O/c1-7(12)4-10(14)5-9-3-2-8(11)6-13-9/h2-3,6-7H,4-5,12H2,1H3. The minimum absolute atomic E-state index is 0.0713. The van der Waals surface area contributed by atoms with E-state index in [1.165, 1.54) is 0 Å². The zero-order chi connectivity index (χ0) is 10.6. The molecule has 3 nitrogen and oxygen atoms in total. The van der Waals surface area contributed by atoms with E-state index in [2.05, 4.69) is 20.9 Å². The van der Waals surface area contributed by atoms with E-state index < -0.39 is 0 Å². The van der Waals surface area contributed by atoms with Gasteiger partial charge in [0.1, 0.15) is 5.78 Å². The predicted molar refractivity (Wildman–Crippen MR) is 58.9 cm³/mol. The second-order valence-corrected chi connectivity index (χ2v) is 4.28. The predicted octanol–water partition coefficient (Wildman–Crippen LogP) is 1.69. The molecule has 0 fully saturated rings. The van der Waals surface area contributed by atoms with Crippen LogP contribution in [-0.4, -0.2) is 16.8 Å². The van der Waals surface area contributed by atoms with E-state index in [1.54, 1.807) is 6.20 Å². The Kier molecular flexibility index (Phi) is 4.22. The molecule has 2 N–H and O–H groups in total. The van der Waals surface area contributed by atoms with Crippen molar-refractivity contribution in [3.05, 3.63) is 28.5 Å². The molecule has 0 aliphatic heterocycles. The molecule has 1 heterocycles. The molecule has 1 unspecified atom stereocenters. The van der Waals surface area contributed by atoms with Crippen LogP contribution in [0.1, 0.15) is 19.0 Å². The summed E-state index contributed by atoms with van der Waals surface area (Å²) in [7, 11) is 0. The van der Waals surface area contributed by atoms with Gasteiger partial charge in [-0.05, 0) is 35.0 Å². The molecule has 0 radical (unpaired) electrons. The van der Waals surface area contributed by atoms with E-state index in [1.807, 2.05) is 19.1 Å². The van der Waals surface area contributed by atoms with Gasteiger partial charge in [0.2, 0.25) is 0 Å². The number of carbonyl (C=O) groups is 1. The Balaban J connectivity index is 2.52. The number of nitrogens with two attached hydrogens (primary N) is 1. The third kappa shape index (κ3) is 3.98. The number of ketones is 1. The molecular formula is C10H13BrN2O. The first-order valence-electron chi connectivity index (χ1n) is 4.45. The number of halogens is 1. The van der Waals surface area contributed by atoms with Crippen LogP contribution in [0.4, 0.5) is 0 Å². The van der Waals surface area contributed by atoms with Gasteiger partial charge in [0.25, 0.3) is 0 Å². The van der Waals surface area contributed by atoms with Crippen molar-refractivity contribution in [3.8, 4) is 0 Å². The van der Waals surface area contributed by atoms with Gasteiger partial charge in [-0.25, -0.2) is 0 Å². The van der Waals surface area contributed by atoms with Gasteiger partial charge >= 0.3 is 0 Å². The maximum Gasteiger partial charge on any atom is 0.140 e. The second kappa shape index (κ2) is 5.22. The quantitative estimate of drug-likeness (QED) is 0.893. The monoisotopic (exact) mass is 256 g/mol. The number of rotatable bonds is 4. The topological polar surface area (TPSA) is 56.0 Å². The number of aromatic nitrogens is 1. The van der Waals surface area contributed by atoms with Crippen LogP contribution in [0.15, 0.2) is 22.8 Å². The molecule has 0 saturated carbocycles. The average Bonchev–Trinajstić information content (AvgIpc) is 2.07. The molecule has 0 aliphatic carbocycles. The van der Waals surface area contributed by atoms with E-state index in [9.17, 15) is 4.79 Å². The first-order chi connectivity index (χ1) is 6.58. The van der Waals surface area contributed by atoms with Crippen molar-refractivity contribution in [2.24, 2.45) is 5.73 Å². The summed E-state index contributed by atoms with van der Waals surface area (Å²) in [6.07, 6.45) is 2.47. The highest BCUT2D eigenvalue weighted by molar-refractivity contribution is 9.10. The van der Waals surface area contributed by atoms with Gasteiger partial charge in [-0.1, -0.05) is 0 Å². The van der Waals surface area contributed by atoms with Crippen molar-refractivity contribution in [2.45, 2.75) is 25.8 Å². The maximum absolute atomic E-state index is 11.4. The molecule has 0 bridgehead atoms. The molecule has 1 atom stereocenters. The number of carbonyl (C=O) groups excluding carboxylic acids is 1. The molecule has 1 rings (SSSR count). The van der Waals surface area contributed by atoms with Gasteiger partial charge in [0.05, 0.1) is 0 Å². The smallest absolute Gasteiger partial charge is 0.140 e. The minimum Gasteiger partial charge on any atom is -0.328 e. The Morgan fingerprint density at radius 1 is 1.64 bits per heavy atom. The van der Waals surface area contributed by atoms with Gasteiger partial charge in [0, 0.05) is 35.2 Å². The van der Waals surface area contributed by atoms with Crippen LogP contribution in [0.5, 0.6) is 0 Å². The van der Waals surface area contributed by atoms with Crippen LogP contribution < -0.4 is 5.73 Å². The average molecular weight is 257 g/mol. The van der Waals surface area contributed by atoms with Crippen molar-refractivity contribution < 1.29 is 4.79 Å². The molecule has 1 aromatic heterocycles. The van der Waals surface area contributed by atoms with Crippen molar-refractivity contribution in [2.75, 3.05) is 0 Å². The zero-order valence-corrected chi connectivity index (χ0v) is 9.62. The lowest BCUT2D eigenvalue weighted by Crippen LogP contribution is -2.20. The van der Waals surface area contributed by atoms with Crippen LogP contribution in [0.25, 0.3) is 0 Å². The molecule has 14 heavy (non-hydrogen) atoms. The molecule has 76 valence electrons. The lowest BCUT2D eigenvalue weighted by atomic mass is 10.1. The number of hydrogen-bond acceptors (Lipinski definition) is 3. The third-order valence-electron chi connectivity index (χ3n) is 1.72. The van der Waals surface area contributed by atoms with Gasteiger partial charge in [-0.3, -0.25) is 9.78 Å². The number of nitrogens with zero attached hydrogens (tertiary/aromatic N) is 1. The van der Waals surface area contributed by atoms with Crippen molar-refractivity contribution in [1.82, 2.24) is 4.98 Å². The Hall–Kier alpha value is -0.740. The van der Waals surface area contributed by atoms with E-state index in [4.69, 9.17) is 5.73 Å². The third-order valence-corrected chi connectivity index (χ3v) is 2.19. The molecule has 0 amide bonds. The molecule has 0 spiro atoms. The number of pyridine rings is 1. The summed E-state index contributed by atoms with van der Waals surface area (Å²) in [5, 5.41) is 0. The molecule has 4 heteroatoms. The van der Waals surface area contributed by atoms with Crippen LogP contribution in [0.3, 0.4) is 0 Å². The summed E-state index contributed by atoms with van der Waals surface area (Å²) < 4.78 is 0.917. The highest BCUT2D eigenvalue weighted by Gasteiger charge is 2.06. The molecule has 0 aromatic carbocycles. The highest BCUT2D eigenvalue weighted by Crippen LogP contribution is 2.08. The molecule has 1 aromatic rings. The Labute approximate surface area is 91.8 Å². The summed E-state index contributed by atoms with van der Waals surface area (Å²) >= 11 is 3.28. The van der Waals surface area contributed by atoms with Gasteiger partial charge in [-0.2, -0.15) is 0 Å². The Bertz CT molecular complexity index is 308. The number of Topliss-reactive ketones (excluding diaryl/α,β-unsaturated/α-hetero) is 1. The zero-order valence-electron chi connectivity index (χ0n) is 8.03. The molecular weight excluding hydrogens is 244 g/mol. The van der Waals surface area contributed by atoms with Crippen LogP contribution in [-0.2, 0) is 11.2 Å². The van der Waals surface area contributed by atoms with E-state index >= 15 is 0 Å². The Morgan fingerprint density at radius 3 is 2.86 bits per heavy atom. The minimum atomic E-state index is -0.0713. The SMILES string of the molecule is CC(N)CC(=O)Cc1ccc(Br)cn1. The fourth-order valence-corrected chi connectivity index (χ4v) is 1.38. The summed E-state index contributed by atoms with van der Waals surface area (Å²) in [6, 6.07) is 3.64. The summed E-state index contributed by atoms with van der Waals surface area (Å²) in [5.41, 5.74) is 6.31. The van der Waals surface area contributed by atoms with Crippen molar-refractivity contribution in [1.29, 1.82) is 0 Å². The van der Waals surface area contributed by atoms with Crippen LogP contribution in [0, 0.1) is 0 Å². The molecule has 0 saturated heterocycles. The second-order valence-electron chi connectivity index (χ2n) is 3.36. The normalized spacial score (nSPS) is 12.5. The van der Waals surface area contributed by atoms with Crippen LogP contribution >= 0.6 is 15.9 Å². The van der Waals surface area contributed by atoms with Crippen molar-refractivity contribution >= 4 is 21.7 Å². The lowest BCUT2D eigenvalue weighted by Gasteiger charge is -2.03. The van der Waals surface area contributed by atoms with E-state index in [0.717, 1.165) is 10.2 Å². The summed E-state index contributed by atoms with van der Waals surface area (Å²) in [6.45, 7) is 1.83. The summed E-state index contributed by atoms with van der Waals surface area (Å²) in [5.74, 6) is 0.134. The van der Waals surface area contributed by atoms with Gasteiger partial charge < -0.3 is 5.73 Å². The maximum atomic E-state index is 11.4. The lowest BCUT2D eigenvalue weighted by molar-refractivity contribution is -0.118. The first-order valence-corrected chi connectivity index (χ1v) is 5.25. The van der Waals surface area contributed by atoms with Gasteiger partial charge in [-0.15, -0.1) is 0 Å². The number of hydrogen-bond donors (Lipinski definition) is 1. The van der Waals surface area contributed by atoms with Crippen LogP contribution in [0.2, 0.25) is 0 Å².